The Bertz CT molecular complexity index is 1180. The topological polar surface area (TPSA) is 66.5 Å². The molecule has 0 saturated carbocycles. The summed E-state index contributed by atoms with van der Waals surface area (Å²) < 4.78 is 28.3. The first-order chi connectivity index (χ1) is 15.8. The summed E-state index contributed by atoms with van der Waals surface area (Å²) in [5.41, 5.74) is 3.49. The van der Waals surface area contributed by atoms with Gasteiger partial charge in [-0.2, -0.15) is 0 Å². The van der Waals surface area contributed by atoms with E-state index in [0.717, 1.165) is 29.5 Å². The maximum Gasteiger partial charge on any atom is 0.264 e. The average Bonchev–Trinajstić information content (AvgIpc) is 2.81. The van der Waals surface area contributed by atoms with E-state index in [2.05, 4.69) is 5.32 Å². The van der Waals surface area contributed by atoms with E-state index >= 15 is 0 Å². The maximum absolute atomic E-state index is 13.5. The molecule has 0 spiro atoms. The van der Waals surface area contributed by atoms with Crippen LogP contribution in [0.1, 0.15) is 30.0 Å². The van der Waals surface area contributed by atoms with Crippen LogP contribution in [0.2, 0.25) is 5.02 Å². The second-order valence-electron chi connectivity index (χ2n) is 7.89. The molecule has 5 nitrogen and oxygen atoms in total. The minimum atomic E-state index is -3.92. The number of para-hydroxylation sites is 1. The zero-order valence-electron chi connectivity index (χ0n) is 18.9. The number of nitrogens with one attached hydrogen (secondary N) is 1. The molecule has 1 amide bonds. The molecule has 33 heavy (non-hydrogen) atoms. The summed E-state index contributed by atoms with van der Waals surface area (Å²) in [7, 11) is -3.92. The van der Waals surface area contributed by atoms with Gasteiger partial charge in [0.15, 0.2) is 0 Å². The van der Waals surface area contributed by atoms with E-state index in [1.54, 1.807) is 36.4 Å². The minimum absolute atomic E-state index is 0.162. The minimum Gasteiger partial charge on any atom is -0.355 e. The molecule has 0 bridgehead atoms. The Morgan fingerprint density at radius 2 is 1.64 bits per heavy atom. The summed E-state index contributed by atoms with van der Waals surface area (Å²) in [6.45, 7) is 4.04. The van der Waals surface area contributed by atoms with Crippen molar-refractivity contribution in [3.05, 3.63) is 94.5 Å². The Kier molecular flexibility index (Phi) is 8.53. The van der Waals surface area contributed by atoms with Crippen molar-refractivity contribution < 1.29 is 13.2 Å². The highest BCUT2D eigenvalue weighted by Gasteiger charge is 2.28. The lowest BCUT2D eigenvalue weighted by Crippen LogP contribution is -2.41. The number of benzene rings is 3. The van der Waals surface area contributed by atoms with Gasteiger partial charge in [0, 0.05) is 11.6 Å². The van der Waals surface area contributed by atoms with Gasteiger partial charge in [0.25, 0.3) is 10.0 Å². The van der Waals surface area contributed by atoms with E-state index in [1.807, 2.05) is 50.2 Å². The molecule has 0 atom stereocenters. The van der Waals surface area contributed by atoms with Gasteiger partial charge in [-0.05, 0) is 67.6 Å². The molecule has 0 aromatic heterocycles. The number of amides is 1. The average molecular weight is 485 g/mol. The lowest BCUT2D eigenvalue weighted by Gasteiger charge is -2.26. The second-order valence-corrected chi connectivity index (χ2v) is 10.2. The Labute approximate surface area is 201 Å². The molecule has 0 aliphatic carbocycles. The number of anilines is 1. The number of hydrogen-bond donors (Lipinski definition) is 1. The molecule has 0 unspecified atom stereocenters. The predicted molar refractivity (Wildman–Crippen MR) is 134 cm³/mol. The summed E-state index contributed by atoms with van der Waals surface area (Å²) in [5, 5.41) is 3.55. The van der Waals surface area contributed by atoms with Crippen LogP contribution in [0.25, 0.3) is 0 Å². The SMILES string of the molecule is CCc1ccccc1N(CC(=O)NCCCc1ccc(Cl)cc1)S(=O)(=O)c1ccc(C)cc1. The van der Waals surface area contributed by atoms with Crippen LogP contribution in [0.3, 0.4) is 0 Å². The highest BCUT2D eigenvalue weighted by Crippen LogP contribution is 2.27. The number of rotatable bonds is 10. The molecule has 7 heteroatoms. The number of hydrogen-bond acceptors (Lipinski definition) is 3. The molecule has 3 aromatic carbocycles. The molecule has 0 heterocycles. The van der Waals surface area contributed by atoms with Gasteiger partial charge in [-0.1, -0.05) is 66.6 Å². The van der Waals surface area contributed by atoms with Crippen LogP contribution in [0, 0.1) is 6.92 Å². The van der Waals surface area contributed by atoms with Crippen molar-refractivity contribution in [2.75, 3.05) is 17.4 Å². The van der Waals surface area contributed by atoms with Crippen LogP contribution >= 0.6 is 11.6 Å². The first kappa shape index (κ1) is 24.8. The number of aryl methyl sites for hydroxylation is 3. The molecule has 3 rings (SSSR count). The molecule has 174 valence electrons. The fourth-order valence-electron chi connectivity index (χ4n) is 3.55. The van der Waals surface area contributed by atoms with E-state index in [-0.39, 0.29) is 17.3 Å². The number of halogens is 1. The largest absolute Gasteiger partial charge is 0.355 e. The normalized spacial score (nSPS) is 11.2. The van der Waals surface area contributed by atoms with Crippen LogP contribution in [0.5, 0.6) is 0 Å². The smallest absolute Gasteiger partial charge is 0.264 e. The van der Waals surface area contributed by atoms with Gasteiger partial charge in [0.1, 0.15) is 6.54 Å². The van der Waals surface area contributed by atoms with Crippen LogP contribution in [-0.2, 0) is 27.7 Å². The molecule has 3 aromatic rings. The third-order valence-electron chi connectivity index (χ3n) is 5.42. The molecule has 0 aliphatic heterocycles. The van der Waals surface area contributed by atoms with E-state index in [4.69, 9.17) is 11.6 Å². The zero-order chi connectivity index (χ0) is 23.8. The van der Waals surface area contributed by atoms with Crippen LogP contribution < -0.4 is 9.62 Å². The summed E-state index contributed by atoms with van der Waals surface area (Å²) in [4.78, 5) is 12.9. The maximum atomic E-state index is 13.5. The molecule has 1 N–H and O–H groups in total. The van der Waals surface area contributed by atoms with Gasteiger partial charge in [0.2, 0.25) is 5.91 Å². The summed E-state index contributed by atoms with van der Waals surface area (Å²) in [6, 6.07) is 21.6. The van der Waals surface area contributed by atoms with Crippen LogP contribution in [0.15, 0.2) is 77.7 Å². The van der Waals surface area contributed by atoms with E-state index < -0.39 is 10.0 Å². The predicted octanol–water partition coefficient (Wildman–Crippen LogP) is 5.16. The van der Waals surface area contributed by atoms with Crippen molar-refractivity contribution in [1.29, 1.82) is 0 Å². The van der Waals surface area contributed by atoms with Crippen molar-refractivity contribution in [3.63, 3.8) is 0 Å². The quantitative estimate of drug-likeness (QED) is 0.404. The van der Waals surface area contributed by atoms with Crippen molar-refractivity contribution >= 4 is 33.2 Å². The third-order valence-corrected chi connectivity index (χ3v) is 7.44. The molecule has 0 saturated heterocycles. The Morgan fingerprint density at radius 1 is 0.970 bits per heavy atom. The Balaban J connectivity index is 1.74. The van der Waals surface area contributed by atoms with Gasteiger partial charge < -0.3 is 5.32 Å². The van der Waals surface area contributed by atoms with E-state index in [9.17, 15) is 13.2 Å². The van der Waals surface area contributed by atoms with E-state index in [1.165, 1.54) is 4.31 Å². The Hall–Kier alpha value is -2.83. The van der Waals surface area contributed by atoms with Crippen molar-refractivity contribution in [3.8, 4) is 0 Å². The Morgan fingerprint density at radius 3 is 2.30 bits per heavy atom. The van der Waals surface area contributed by atoms with Gasteiger partial charge in [-0.3, -0.25) is 9.10 Å². The molecule has 0 radical (unpaired) electrons. The monoisotopic (exact) mass is 484 g/mol. The molecular formula is C26H29ClN2O3S. The van der Waals surface area contributed by atoms with Crippen LogP contribution in [-0.4, -0.2) is 27.4 Å². The summed E-state index contributed by atoms with van der Waals surface area (Å²) in [6.07, 6.45) is 2.18. The van der Waals surface area contributed by atoms with Gasteiger partial charge >= 0.3 is 0 Å². The zero-order valence-corrected chi connectivity index (χ0v) is 20.5. The number of carbonyl (C=O) groups is 1. The molecular weight excluding hydrogens is 456 g/mol. The number of sulfonamides is 1. The van der Waals surface area contributed by atoms with Crippen molar-refractivity contribution in [2.24, 2.45) is 0 Å². The van der Waals surface area contributed by atoms with Crippen molar-refractivity contribution in [2.45, 2.75) is 38.0 Å². The summed E-state index contributed by atoms with van der Waals surface area (Å²) in [5.74, 6) is -0.340. The fourth-order valence-corrected chi connectivity index (χ4v) is 5.13. The first-order valence-corrected chi connectivity index (χ1v) is 12.8. The lowest BCUT2D eigenvalue weighted by atomic mass is 10.1. The van der Waals surface area contributed by atoms with E-state index in [0.29, 0.717) is 23.7 Å². The fraction of sp³-hybridized carbons (Fsp3) is 0.269. The highest BCUT2D eigenvalue weighted by molar-refractivity contribution is 7.92. The highest BCUT2D eigenvalue weighted by atomic mass is 35.5. The molecule has 0 fully saturated rings. The number of nitrogens with zero attached hydrogens (tertiary/aromatic N) is 1. The standard InChI is InChI=1S/C26H29ClN2O3S/c1-3-22-8-4-5-9-25(22)29(33(31,32)24-16-10-20(2)11-17-24)19-26(30)28-18-6-7-21-12-14-23(27)15-13-21/h4-5,8-17H,3,6-7,18-19H2,1-2H3,(H,28,30). The second kappa shape index (κ2) is 11.3. The molecule has 0 aliphatic rings. The third kappa shape index (κ3) is 6.59. The summed E-state index contributed by atoms with van der Waals surface area (Å²) >= 11 is 5.91. The van der Waals surface area contributed by atoms with Gasteiger partial charge in [-0.25, -0.2) is 8.42 Å². The number of carbonyl (C=O) groups excluding carboxylic acids is 1. The lowest BCUT2D eigenvalue weighted by molar-refractivity contribution is -0.119. The van der Waals surface area contributed by atoms with Gasteiger partial charge in [-0.15, -0.1) is 0 Å². The van der Waals surface area contributed by atoms with Crippen molar-refractivity contribution in [1.82, 2.24) is 5.32 Å². The van der Waals surface area contributed by atoms with Crippen LogP contribution in [0.4, 0.5) is 5.69 Å². The first-order valence-electron chi connectivity index (χ1n) is 11.0. The van der Waals surface area contributed by atoms with Gasteiger partial charge in [0.05, 0.1) is 10.6 Å².